The minimum Gasteiger partial charge on any atom is -0.467 e. The Bertz CT molecular complexity index is 702. The summed E-state index contributed by atoms with van der Waals surface area (Å²) in [6.07, 6.45) is 1.04. The molecule has 2 aromatic carbocycles. The summed E-state index contributed by atoms with van der Waals surface area (Å²) < 4.78 is 11.1. The van der Waals surface area contributed by atoms with E-state index in [9.17, 15) is 0 Å². The van der Waals surface area contributed by atoms with Gasteiger partial charge in [0, 0.05) is 37.6 Å². The van der Waals surface area contributed by atoms with Crippen molar-refractivity contribution in [1.29, 1.82) is 0 Å². The van der Waals surface area contributed by atoms with Crippen LogP contribution in [0.2, 0.25) is 0 Å². The molecule has 0 saturated carbocycles. The minimum atomic E-state index is 0.0151. The highest BCUT2D eigenvalue weighted by atomic mass is 31.1. The fourth-order valence-electron chi connectivity index (χ4n) is 3.01. The van der Waals surface area contributed by atoms with E-state index in [1.807, 2.05) is 0 Å². The molecule has 0 aromatic heterocycles. The molecule has 0 aliphatic carbocycles. The van der Waals surface area contributed by atoms with Crippen molar-refractivity contribution in [3.8, 4) is 5.75 Å². The summed E-state index contributed by atoms with van der Waals surface area (Å²) >= 11 is 0. The monoisotopic (exact) mass is 359 g/mol. The van der Waals surface area contributed by atoms with Crippen molar-refractivity contribution in [2.24, 2.45) is 0 Å². The Morgan fingerprint density at radius 1 is 1.08 bits per heavy atom. The van der Waals surface area contributed by atoms with E-state index in [0.717, 1.165) is 17.7 Å². The van der Waals surface area contributed by atoms with Crippen molar-refractivity contribution in [3.63, 3.8) is 0 Å². The summed E-state index contributed by atoms with van der Waals surface area (Å²) in [5, 5.41) is 1.40. The van der Waals surface area contributed by atoms with Crippen LogP contribution in [0.4, 0.5) is 5.69 Å². The van der Waals surface area contributed by atoms with E-state index in [1.54, 1.807) is 7.11 Å². The number of aryl methyl sites for hydroxylation is 1. The number of rotatable bonds is 8. The van der Waals surface area contributed by atoms with Gasteiger partial charge in [0.25, 0.3) is 0 Å². The molecule has 0 aliphatic rings. The van der Waals surface area contributed by atoms with Crippen molar-refractivity contribution >= 4 is 19.6 Å². The normalized spacial score (nSPS) is 13.8. The molecular formula is C21H30NO2P. The minimum absolute atomic E-state index is 0.0151. The first-order valence-electron chi connectivity index (χ1n) is 8.69. The van der Waals surface area contributed by atoms with Crippen LogP contribution >= 0.6 is 8.58 Å². The Hall–Kier alpha value is -1.57. The molecule has 25 heavy (non-hydrogen) atoms. The quantitative estimate of drug-likeness (QED) is 0.505. The van der Waals surface area contributed by atoms with Gasteiger partial charge in [-0.2, -0.15) is 0 Å². The van der Waals surface area contributed by atoms with Gasteiger partial charge in [0.1, 0.15) is 5.75 Å². The van der Waals surface area contributed by atoms with Gasteiger partial charge in [-0.05, 0) is 30.3 Å². The van der Waals surface area contributed by atoms with Crippen LogP contribution in [0.3, 0.4) is 0 Å². The van der Waals surface area contributed by atoms with Crippen LogP contribution in [0.5, 0.6) is 5.75 Å². The summed E-state index contributed by atoms with van der Waals surface area (Å²) in [5.74, 6) is 0.962. The lowest BCUT2D eigenvalue weighted by Gasteiger charge is -2.33. The molecule has 2 aromatic rings. The molecule has 0 N–H and O–H groups in total. The molecule has 4 heteroatoms. The third-order valence-corrected chi connectivity index (χ3v) is 6.50. The Morgan fingerprint density at radius 2 is 1.80 bits per heavy atom. The van der Waals surface area contributed by atoms with E-state index in [2.05, 4.69) is 82.2 Å². The number of benzene rings is 2. The average Bonchev–Trinajstić information content (AvgIpc) is 2.60. The Morgan fingerprint density at radius 3 is 2.44 bits per heavy atom. The van der Waals surface area contributed by atoms with E-state index >= 15 is 0 Å². The number of hydrogen-bond donors (Lipinski definition) is 0. The summed E-state index contributed by atoms with van der Waals surface area (Å²) in [7, 11) is 6.52. The topological polar surface area (TPSA) is 21.7 Å². The first kappa shape index (κ1) is 19.8. The molecule has 3 nitrogen and oxygen atoms in total. The zero-order chi connectivity index (χ0) is 18.4. The van der Waals surface area contributed by atoms with E-state index in [0.29, 0.717) is 8.58 Å². The second kappa shape index (κ2) is 8.69. The van der Waals surface area contributed by atoms with Crippen LogP contribution in [0, 0.1) is 6.92 Å². The summed E-state index contributed by atoms with van der Waals surface area (Å²) in [5.41, 5.74) is 3.70. The van der Waals surface area contributed by atoms with Crippen LogP contribution < -0.4 is 14.9 Å². The van der Waals surface area contributed by atoms with Gasteiger partial charge < -0.3 is 14.4 Å². The number of nitrogens with zero attached hydrogens (tertiary/aromatic N) is 1. The number of methoxy groups -OCH3 is 1. The number of ether oxygens (including phenoxy) is 2. The third-order valence-electron chi connectivity index (χ3n) is 4.63. The van der Waals surface area contributed by atoms with Gasteiger partial charge in [-0.1, -0.05) is 58.8 Å². The van der Waals surface area contributed by atoms with Gasteiger partial charge in [0.15, 0.2) is 6.79 Å². The standard InChI is InChI=1S/C21H30NO2P/c1-7-21(3,25-19-14-9-8-13-18(19)22(4)5)17-12-10-11-16(2)20(17)24-15-23-6/h8-14,25H,7,15H2,1-6H3. The lowest BCUT2D eigenvalue weighted by Crippen LogP contribution is -2.23. The molecular weight excluding hydrogens is 329 g/mol. The molecule has 0 amide bonds. The molecule has 0 aliphatic heterocycles. The second-order valence-electron chi connectivity index (χ2n) is 6.72. The van der Waals surface area contributed by atoms with E-state index in [-0.39, 0.29) is 11.9 Å². The van der Waals surface area contributed by atoms with E-state index in [1.165, 1.54) is 16.6 Å². The fourth-order valence-corrected chi connectivity index (χ4v) is 4.73. The lowest BCUT2D eigenvalue weighted by atomic mass is 9.94. The third kappa shape index (κ3) is 4.54. The van der Waals surface area contributed by atoms with Crippen molar-refractivity contribution in [3.05, 3.63) is 53.6 Å². The molecule has 2 rings (SSSR count). The predicted octanol–water partition coefficient (Wildman–Crippen LogP) is 4.67. The molecule has 0 bridgehead atoms. The zero-order valence-corrected chi connectivity index (χ0v) is 17.2. The Kier molecular flexibility index (Phi) is 6.87. The first-order chi connectivity index (χ1) is 11.9. The van der Waals surface area contributed by atoms with Crippen molar-refractivity contribution in [2.45, 2.75) is 32.3 Å². The zero-order valence-electron chi connectivity index (χ0n) is 16.2. The summed E-state index contributed by atoms with van der Waals surface area (Å²) in [6.45, 7) is 6.97. The van der Waals surface area contributed by atoms with Crippen LogP contribution in [0.1, 0.15) is 31.4 Å². The first-order valence-corrected chi connectivity index (χ1v) is 9.69. The Labute approximate surface area is 154 Å². The molecule has 0 fully saturated rings. The molecule has 2 unspecified atom stereocenters. The van der Waals surface area contributed by atoms with Gasteiger partial charge in [-0.25, -0.2) is 0 Å². The molecule has 136 valence electrons. The maximum Gasteiger partial charge on any atom is 0.188 e. The summed E-state index contributed by atoms with van der Waals surface area (Å²) in [4.78, 5) is 2.19. The second-order valence-corrected chi connectivity index (χ2v) is 8.62. The fraction of sp³-hybridized carbons (Fsp3) is 0.429. The van der Waals surface area contributed by atoms with Gasteiger partial charge in [0.2, 0.25) is 0 Å². The lowest BCUT2D eigenvalue weighted by molar-refractivity contribution is 0.0495. The van der Waals surface area contributed by atoms with E-state index < -0.39 is 0 Å². The van der Waals surface area contributed by atoms with Crippen LogP contribution in [-0.4, -0.2) is 28.0 Å². The largest absolute Gasteiger partial charge is 0.467 e. The summed E-state index contributed by atoms with van der Waals surface area (Å²) in [6, 6.07) is 15.1. The van der Waals surface area contributed by atoms with Crippen molar-refractivity contribution in [1.82, 2.24) is 0 Å². The predicted molar refractivity (Wildman–Crippen MR) is 110 cm³/mol. The molecule has 0 saturated heterocycles. The van der Waals surface area contributed by atoms with Gasteiger partial charge >= 0.3 is 0 Å². The molecule has 0 spiro atoms. The maximum absolute atomic E-state index is 5.95. The van der Waals surface area contributed by atoms with Crippen molar-refractivity contribution < 1.29 is 9.47 Å². The molecule has 2 atom stereocenters. The smallest absolute Gasteiger partial charge is 0.188 e. The van der Waals surface area contributed by atoms with Crippen LogP contribution in [0.25, 0.3) is 0 Å². The van der Waals surface area contributed by atoms with Gasteiger partial charge in [-0.3, -0.25) is 0 Å². The van der Waals surface area contributed by atoms with Crippen LogP contribution in [-0.2, 0) is 9.89 Å². The van der Waals surface area contributed by atoms with Gasteiger partial charge in [0.05, 0.1) is 0 Å². The van der Waals surface area contributed by atoms with Crippen LogP contribution in [0.15, 0.2) is 42.5 Å². The highest BCUT2D eigenvalue weighted by Crippen LogP contribution is 2.48. The highest BCUT2D eigenvalue weighted by Gasteiger charge is 2.30. The molecule has 0 radical (unpaired) electrons. The number of para-hydroxylation sites is 2. The highest BCUT2D eigenvalue weighted by molar-refractivity contribution is 7.49. The SMILES string of the molecule is CCC(C)(Pc1ccccc1N(C)C)c1cccc(C)c1OCOC. The number of anilines is 1. The Balaban J connectivity index is 2.46. The van der Waals surface area contributed by atoms with E-state index in [4.69, 9.17) is 9.47 Å². The maximum atomic E-state index is 5.95. The number of hydrogen-bond acceptors (Lipinski definition) is 3. The van der Waals surface area contributed by atoms with Crippen molar-refractivity contribution in [2.75, 3.05) is 32.9 Å². The molecule has 0 heterocycles. The average molecular weight is 359 g/mol. The van der Waals surface area contributed by atoms with Gasteiger partial charge in [-0.15, -0.1) is 0 Å².